The molecule has 30 heavy (non-hydrogen) atoms. The molecule has 0 aliphatic carbocycles. The molecule has 0 amide bonds. The highest BCUT2D eigenvalue weighted by atomic mass is 16.6. The second kappa shape index (κ2) is 8.56. The van der Waals surface area contributed by atoms with Crippen LogP contribution in [-0.4, -0.2) is 48.6 Å². The zero-order valence-corrected chi connectivity index (χ0v) is 16.1. The second-order valence-corrected chi connectivity index (χ2v) is 6.88. The molecule has 0 saturated carbocycles. The van der Waals surface area contributed by atoms with E-state index in [9.17, 15) is 0 Å². The average Bonchev–Trinajstić information content (AvgIpc) is 3.69. The molecule has 2 unspecified atom stereocenters. The average molecular weight is 408 g/mol. The zero-order chi connectivity index (χ0) is 20.2. The largest absolute Gasteiger partial charge is 0.491 e. The molecule has 3 aromatic rings. The first-order valence-electron chi connectivity index (χ1n) is 9.67. The lowest BCUT2D eigenvalue weighted by Crippen LogP contribution is -2.03. The number of benzene rings is 2. The van der Waals surface area contributed by atoms with E-state index >= 15 is 0 Å². The van der Waals surface area contributed by atoms with Crippen molar-refractivity contribution in [2.75, 3.05) is 26.4 Å². The highest BCUT2D eigenvalue weighted by Crippen LogP contribution is 2.27. The Balaban J connectivity index is 1.16. The molecule has 0 N–H and O–H groups in total. The Kier molecular flexibility index (Phi) is 5.32. The van der Waals surface area contributed by atoms with Crippen LogP contribution in [-0.2, 0) is 9.47 Å². The number of hydrogen-bond donors (Lipinski definition) is 0. The van der Waals surface area contributed by atoms with Crippen LogP contribution in [0, 0.1) is 0 Å². The fourth-order valence-electron chi connectivity index (χ4n) is 2.59. The summed E-state index contributed by atoms with van der Waals surface area (Å²) in [6.45, 7) is 2.66. The monoisotopic (exact) mass is 408 g/mol. The molecule has 2 aliphatic rings. The van der Waals surface area contributed by atoms with Crippen LogP contribution >= 0.6 is 0 Å². The molecule has 3 heterocycles. The van der Waals surface area contributed by atoms with Crippen molar-refractivity contribution in [3.05, 3.63) is 60.9 Å². The van der Waals surface area contributed by atoms with Gasteiger partial charge in [-0.15, -0.1) is 0 Å². The van der Waals surface area contributed by atoms with E-state index in [0.717, 1.165) is 24.7 Å². The van der Waals surface area contributed by atoms with Crippen molar-refractivity contribution in [1.82, 2.24) is 9.97 Å². The molecule has 2 aliphatic heterocycles. The van der Waals surface area contributed by atoms with Gasteiger partial charge in [0, 0.05) is 0 Å². The lowest BCUT2D eigenvalue weighted by molar-refractivity contribution is 0.263. The van der Waals surface area contributed by atoms with Gasteiger partial charge in [0.25, 0.3) is 0 Å². The van der Waals surface area contributed by atoms with Crippen LogP contribution in [0.15, 0.2) is 60.9 Å². The Morgan fingerprint density at radius 3 is 1.47 bits per heavy atom. The third kappa shape index (κ3) is 5.37. The third-order valence-corrected chi connectivity index (χ3v) is 4.36. The van der Waals surface area contributed by atoms with Gasteiger partial charge in [0.2, 0.25) is 11.8 Å². The van der Waals surface area contributed by atoms with Gasteiger partial charge in [0.1, 0.15) is 48.4 Å². The van der Waals surface area contributed by atoms with Crippen LogP contribution in [0.5, 0.6) is 34.8 Å². The van der Waals surface area contributed by atoms with Crippen molar-refractivity contribution >= 4 is 0 Å². The van der Waals surface area contributed by atoms with E-state index in [1.807, 2.05) is 48.5 Å². The van der Waals surface area contributed by atoms with Crippen LogP contribution in [0.25, 0.3) is 0 Å². The first-order valence-corrected chi connectivity index (χ1v) is 9.67. The number of hydrogen-bond acceptors (Lipinski definition) is 8. The van der Waals surface area contributed by atoms with Crippen LogP contribution in [0.1, 0.15) is 0 Å². The first kappa shape index (κ1) is 18.7. The molecule has 5 rings (SSSR count). The number of aromatic nitrogens is 2. The van der Waals surface area contributed by atoms with E-state index in [4.69, 9.17) is 28.4 Å². The smallest absolute Gasteiger partial charge is 0.241 e. The molecule has 2 atom stereocenters. The van der Waals surface area contributed by atoms with Crippen LogP contribution in [0.3, 0.4) is 0 Å². The van der Waals surface area contributed by atoms with Gasteiger partial charge >= 0.3 is 0 Å². The van der Waals surface area contributed by atoms with Gasteiger partial charge in [-0.25, -0.2) is 0 Å². The van der Waals surface area contributed by atoms with E-state index in [1.165, 1.54) is 12.4 Å². The van der Waals surface area contributed by atoms with Gasteiger partial charge in [0.15, 0.2) is 0 Å². The standard InChI is InChI=1S/C22H20N2O6/c1-5-17(6-2-15(1)25-11-19-13-27-19)29-21-9-23-10-22(24-21)30-18-7-3-16(4-8-18)26-12-20-14-28-20/h1-10,19-20H,11-14H2. The van der Waals surface area contributed by atoms with Gasteiger partial charge in [-0.1, -0.05) is 0 Å². The van der Waals surface area contributed by atoms with Gasteiger partial charge in [0.05, 0.1) is 25.6 Å². The minimum absolute atomic E-state index is 0.222. The number of rotatable bonds is 10. The predicted molar refractivity (Wildman–Crippen MR) is 106 cm³/mol. The molecule has 0 bridgehead atoms. The minimum Gasteiger partial charge on any atom is -0.491 e. The number of ether oxygens (including phenoxy) is 6. The Morgan fingerprint density at radius 1 is 0.667 bits per heavy atom. The predicted octanol–water partition coefficient (Wildman–Crippen LogP) is 3.62. The molecule has 154 valence electrons. The SMILES string of the molecule is c1cc(Oc2cncc(Oc3ccc(OCC4CO4)cc3)n2)ccc1OCC1CO1. The minimum atomic E-state index is 0.222. The Labute approximate surface area is 173 Å². The number of epoxide rings is 2. The highest BCUT2D eigenvalue weighted by Gasteiger charge is 2.23. The summed E-state index contributed by atoms with van der Waals surface area (Å²) < 4.78 is 33.0. The van der Waals surface area contributed by atoms with E-state index in [1.54, 1.807) is 0 Å². The maximum atomic E-state index is 5.76. The van der Waals surface area contributed by atoms with Gasteiger partial charge in [-0.05, 0) is 48.5 Å². The van der Waals surface area contributed by atoms with E-state index in [2.05, 4.69) is 9.97 Å². The fraction of sp³-hybridized carbons (Fsp3) is 0.273. The molecule has 0 spiro atoms. The Hall–Kier alpha value is -3.36. The lowest BCUT2D eigenvalue weighted by Gasteiger charge is -2.09. The molecule has 2 fully saturated rings. The fourth-order valence-corrected chi connectivity index (χ4v) is 2.59. The summed E-state index contributed by atoms with van der Waals surface area (Å²) in [6, 6.07) is 14.6. The normalized spacial score (nSPS) is 19.1. The lowest BCUT2D eigenvalue weighted by atomic mass is 10.3. The Bertz CT molecular complexity index is 895. The van der Waals surface area contributed by atoms with E-state index in [0.29, 0.717) is 36.5 Å². The molecular weight excluding hydrogens is 388 g/mol. The molecule has 2 saturated heterocycles. The van der Waals surface area contributed by atoms with Crippen molar-refractivity contribution in [2.24, 2.45) is 0 Å². The molecule has 0 radical (unpaired) electrons. The van der Waals surface area contributed by atoms with Gasteiger partial charge in [-0.2, -0.15) is 4.98 Å². The maximum absolute atomic E-state index is 5.76. The van der Waals surface area contributed by atoms with Crippen LogP contribution < -0.4 is 18.9 Å². The summed E-state index contributed by atoms with van der Waals surface area (Å²) in [5.41, 5.74) is 0. The summed E-state index contributed by atoms with van der Waals surface area (Å²) >= 11 is 0. The van der Waals surface area contributed by atoms with Crippen LogP contribution in [0.4, 0.5) is 0 Å². The summed E-state index contributed by atoms with van der Waals surface area (Å²) in [5, 5.41) is 0. The second-order valence-electron chi connectivity index (χ2n) is 6.88. The molecule has 2 aromatic carbocycles. The summed E-state index contributed by atoms with van der Waals surface area (Å²) in [6.07, 6.45) is 3.50. The van der Waals surface area contributed by atoms with Gasteiger partial charge < -0.3 is 28.4 Å². The summed E-state index contributed by atoms with van der Waals surface area (Å²) in [5.74, 6) is 3.43. The Morgan fingerprint density at radius 2 is 1.07 bits per heavy atom. The maximum Gasteiger partial charge on any atom is 0.241 e. The van der Waals surface area contributed by atoms with Gasteiger partial charge in [-0.3, -0.25) is 4.98 Å². The van der Waals surface area contributed by atoms with E-state index in [-0.39, 0.29) is 12.2 Å². The van der Waals surface area contributed by atoms with Crippen molar-refractivity contribution in [1.29, 1.82) is 0 Å². The topological polar surface area (TPSA) is 87.8 Å². The highest BCUT2D eigenvalue weighted by molar-refractivity contribution is 5.35. The van der Waals surface area contributed by atoms with Crippen molar-refractivity contribution < 1.29 is 28.4 Å². The van der Waals surface area contributed by atoms with Crippen molar-refractivity contribution in [3.63, 3.8) is 0 Å². The van der Waals surface area contributed by atoms with Crippen LogP contribution in [0.2, 0.25) is 0 Å². The molecule has 8 nitrogen and oxygen atoms in total. The first-order chi connectivity index (χ1) is 14.8. The number of nitrogens with zero attached hydrogens (tertiary/aromatic N) is 2. The van der Waals surface area contributed by atoms with Crippen molar-refractivity contribution in [2.45, 2.75) is 12.2 Å². The quantitative estimate of drug-likeness (QED) is 0.470. The van der Waals surface area contributed by atoms with Crippen molar-refractivity contribution in [3.8, 4) is 34.8 Å². The molecular formula is C22H20N2O6. The summed E-state index contributed by atoms with van der Waals surface area (Å²) in [7, 11) is 0. The summed E-state index contributed by atoms with van der Waals surface area (Å²) in [4.78, 5) is 8.48. The third-order valence-electron chi connectivity index (χ3n) is 4.36. The molecule has 8 heteroatoms. The zero-order valence-electron chi connectivity index (χ0n) is 16.1. The molecule has 1 aromatic heterocycles. The van der Waals surface area contributed by atoms with E-state index < -0.39 is 0 Å².